The predicted octanol–water partition coefficient (Wildman–Crippen LogP) is 3.13. The molecule has 0 spiro atoms. The second-order valence-corrected chi connectivity index (χ2v) is 4.15. The van der Waals surface area contributed by atoms with E-state index in [9.17, 15) is 9.59 Å². The van der Waals surface area contributed by atoms with E-state index in [0.29, 0.717) is 11.1 Å². The summed E-state index contributed by atoms with van der Waals surface area (Å²) in [5.41, 5.74) is 1.28. The molecule has 4 radical (unpaired) electrons. The Kier molecular flexibility index (Phi) is 9.90. The maximum atomic E-state index is 10.5. The van der Waals surface area contributed by atoms with Crippen LogP contribution in [0.5, 0.6) is 0 Å². The summed E-state index contributed by atoms with van der Waals surface area (Å²) in [7, 11) is 0. The van der Waals surface area contributed by atoms with Crippen molar-refractivity contribution in [1.82, 2.24) is 0 Å². The average Bonchev–Trinajstić information content (AvgIpc) is 2.41. The molecule has 0 fully saturated rings. The van der Waals surface area contributed by atoms with Crippen LogP contribution >= 0.6 is 25.3 Å². The van der Waals surface area contributed by atoms with E-state index in [1.54, 1.807) is 24.3 Å². The van der Waals surface area contributed by atoms with Gasteiger partial charge in [0, 0.05) is 38.4 Å². The molecule has 96 valence electrons. The van der Waals surface area contributed by atoms with E-state index in [0.717, 1.165) is 0 Å². The average molecular weight is 484 g/mol. The fourth-order valence-corrected chi connectivity index (χ4v) is 1.46. The molecular formula is C14H12O2PbS2. The summed E-state index contributed by atoms with van der Waals surface area (Å²) in [6.07, 6.45) is 0. The van der Waals surface area contributed by atoms with Crippen LogP contribution in [0.2, 0.25) is 0 Å². The van der Waals surface area contributed by atoms with Crippen molar-refractivity contribution >= 4 is 62.8 Å². The van der Waals surface area contributed by atoms with Crippen molar-refractivity contribution in [3.05, 3.63) is 71.8 Å². The molecule has 2 rings (SSSR count). The van der Waals surface area contributed by atoms with E-state index in [4.69, 9.17) is 0 Å². The molecule has 2 aromatic rings. The molecule has 0 aliphatic rings. The van der Waals surface area contributed by atoms with Gasteiger partial charge in [-0.25, -0.2) is 0 Å². The van der Waals surface area contributed by atoms with E-state index in [2.05, 4.69) is 25.3 Å². The Bertz CT molecular complexity index is 466. The molecule has 0 saturated carbocycles. The first-order valence-electron chi connectivity index (χ1n) is 5.18. The topological polar surface area (TPSA) is 34.1 Å². The zero-order valence-electron chi connectivity index (χ0n) is 9.98. The first kappa shape index (κ1) is 18.4. The van der Waals surface area contributed by atoms with Crippen LogP contribution < -0.4 is 0 Å². The van der Waals surface area contributed by atoms with Gasteiger partial charge in [-0.3, -0.25) is 9.59 Å². The Morgan fingerprint density at radius 1 is 0.632 bits per heavy atom. The summed E-state index contributed by atoms with van der Waals surface area (Å²) in [5.74, 6) is 0. The molecular weight excluding hydrogens is 471 g/mol. The molecule has 0 saturated heterocycles. The molecule has 0 atom stereocenters. The van der Waals surface area contributed by atoms with Gasteiger partial charge in [0.05, 0.1) is 0 Å². The first-order chi connectivity index (χ1) is 8.61. The van der Waals surface area contributed by atoms with Crippen LogP contribution in [0, 0.1) is 0 Å². The molecule has 0 bridgehead atoms. The Hall–Kier alpha value is -0.598. The second kappa shape index (κ2) is 10.2. The maximum absolute atomic E-state index is 10.5. The molecule has 0 aromatic heterocycles. The van der Waals surface area contributed by atoms with E-state index in [1.807, 2.05) is 36.4 Å². The molecule has 0 aliphatic carbocycles. The van der Waals surface area contributed by atoms with E-state index >= 15 is 0 Å². The predicted molar refractivity (Wildman–Crippen MR) is 85.3 cm³/mol. The van der Waals surface area contributed by atoms with Crippen molar-refractivity contribution < 1.29 is 9.59 Å². The Morgan fingerprint density at radius 2 is 0.895 bits per heavy atom. The fraction of sp³-hybridized carbons (Fsp3) is 0. The van der Waals surface area contributed by atoms with Crippen LogP contribution in [0.15, 0.2) is 60.7 Å². The van der Waals surface area contributed by atoms with Crippen molar-refractivity contribution in [3.63, 3.8) is 0 Å². The van der Waals surface area contributed by atoms with Gasteiger partial charge in [0.2, 0.25) is 10.2 Å². The van der Waals surface area contributed by atoms with Crippen LogP contribution in [0.4, 0.5) is 0 Å². The van der Waals surface area contributed by atoms with Gasteiger partial charge in [-0.2, -0.15) is 0 Å². The van der Waals surface area contributed by atoms with Crippen LogP contribution in [0.3, 0.4) is 0 Å². The monoisotopic (exact) mass is 484 g/mol. The normalized spacial score (nSPS) is 8.53. The zero-order chi connectivity index (χ0) is 13.4. The molecule has 5 heteroatoms. The molecule has 0 unspecified atom stereocenters. The molecule has 0 heterocycles. The SMILES string of the molecule is O=C(S)c1ccccc1.O=C(S)c1ccccc1.[Pb]. The summed E-state index contributed by atoms with van der Waals surface area (Å²) >= 11 is 7.30. The second-order valence-electron chi connectivity index (χ2n) is 3.34. The zero-order valence-corrected chi connectivity index (χ0v) is 15.7. The van der Waals surface area contributed by atoms with Gasteiger partial charge in [0.15, 0.2) is 0 Å². The molecule has 19 heavy (non-hydrogen) atoms. The number of hydrogen-bond acceptors (Lipinski definition) is 2. The number of benzene rings is 2. The smallest absolute Gasteiger partial charge is 0.216 e. The third-order valence-corrected chi connectivity index (χ3v) is 2.56. The third-order valence-electron chi connectivity index (χ3n) is 2.04. The van der Waals surface area contributed by atoms with Crippen LogP contribution in [0.1, 0.15) is 20.7 Å². The van der Waals surface area contributed by atoms with Gasteiger partial charge in [0.25, 0.3) is 0 Å². The molecule has 0 amide bonds. The minimum atomic E-state index is -0.185. The number of rotatable bonds is 2. The van der Waals surface area contributed by atoms with Gasteiger partial charge in [0.1, 0.15) is 0 Å². The summed E-state index contributed by atoms with van der Waals surface area (Å²) < 4.78 is 0. The summed E-state index contributed by atoms with van der Waals surface area (Å²) in [6.45, 7) is 0. The summed E-state index contributed by atoms with van der Waals surface area (Å²) in [4.78, 5) is 21.0. The first-order valence-corrected chi connectivity index (χ1v) is 6.07. The Morgan fingerprint density at radius 3 is 1.05 bits per heavy atom. The van der Waals surface area contributed by atoms with Crippen molar-refractivity contribution in [2.45, 2.75) is 0 Å². The van der Waals surface area contributed by atoms with Crippen LogP contribution in [0.25, 0.3) is 0 Å². The van der Waals surface area contributed by atoms with Gasteiger partial charge in [-0.15, -0.1) is 25.3 Å². The van der Waals surface area contributed by atoms with Gasteiger partial charge in [-0.05, 0) is 0 Å². The summed E-state index contributed by atoms with van der Waals surface area (Å²) in [5, 5.41) is -0.369. The van der Waals surface area contributed by atoms with Gasteiger partial charge >= 0.3 is 0 Å². The molecule has 0 N–H and O–H groups in total. The fourth-order valence-electron chi connectivity index (χ4n) is 1.16. The number of thiol groups is 2. The van der Waals surface area contributed by atoms with Crippen molar-refractivity contribution in [3.8, 4) is 0 Å². The molecule has 2 nitrogen and oxygen atoms in total. The standard InChI is InChI=1S/2C7H6OS.Pb/c2*8-7(9)6-4-2-1-3-5-6;/h2*1-5H,(H,8,9);. The van der Waals surface area contributed by atoms with Crippen molar-refractivity contribution in [1.29, 1.82) is 0 Å². The quantitative estimate of drug-likeness (QED) is 0.509. The molecule has 2 aromatic carbocycles. The van der Waals surface area contributed by atoms with Gasteiger partial charge < -0.3 is 0 Å². The Labute approximate surface area is 143 Å². The van der Waals surface area contributed by atoms with E-state index in [-0.39, 0.29) is 37.5 Å². The number of carbonyl (C=O) groups is 2. The minimum Gasteiger partial charge on any atom is -0.282 e. The molecule has 0 aliphatic heterocycles. The Balaban J connectivity index is 0.000000324. The van der Waals surface area contributed by atoms with E-state index in [1.165, 1.54) is 0 Å². The minimum absolute atomic E-state index is 0. The maximum Gasteiger partial charge on any atom is 0.216 e. The largest absolute Gasteiger partial charge is 0.282 e. The summed E-state index contributed by atoms with van der Waals surface area (Å²) in [6, 6.07) is 17.9. The van der Waals surface area contributed by atoms with Crippen LogP contribution in [-0.2, 0) is 0 Å². The van der Waals surface area contributed by atoms with Crippen molar-refractivity contribution in [2.24, 2.45) is 0 Å². The van der Waals surface area contributed by atoms with E-state index < -0.39 is 0 Å². The van der Waals surface area contributed by atoms with Crippen molar-refractivity contribution in [2.75, 3.05) is 0 Å². The van der Waals surface area contributed by atoms with Gasteiger partial charge in [-0.1, -0.05) is 60.7 Å². The van der Waals surface area contributed by atoms with Crippen LogP contribution in [-0.4, -0.2) is 37.5 Å². The third kappa shape index (κ3) is 7.54. The number of carbonyl (C=O) groups excluding carboxylic acids is 2. The number of hydrogen-bond donors (Lipinski definition) is 2.